The molecule has 8 nitrogen and oxygen atoms in total. The van der Waals surface area contributed by atoms with Gasteiger partial charge < -0.3 is 30.0 Å². The Kier molecular flexibility index (Phi) is 8.60. The predicted molar refractivity (Wildman–Crippen MR) is 148 cm³/mol. The molecular formula is C30H37FN4O4. The first-order valence-corrected chi connectivity index (χ1v) is 13.8. The second-order valence-electron chi connectivity index (χ2n) is 10.4. The Morgan fingerprint density at radius 3 is 2.62 bits per heavy atom. The number of nitrogens with zero attached hydrogens (tertiary/aromatic N) is 2. The number of piperidine rings is 1. The maximum Gasteiger partial charge on any atom is 0.256 e. The number of amides is 2. The van der Waals surface area contributed by atoms with E-state index in [9.17, 15) is 14.0 Å². The minimum atomic E-state index is -0.219. The van der Waals surface area contributed by atoms with Crippen molar-refractivity contribution < 1.29 is 23.5 Å². The van der Waals surface area contributed by atoms with Gasteiger partial charge in [-0.3, -0.25) is 9.59 Å². The number of carbonyl (C=O) groups is 2. The van der Waals surface area contributed by atoms with E-state index in [1.807, 2.05) is 39.9 Å². The highest BCUT2D eigenvalue weighted by atomic mass is 19.1. The van der Waals surface area contributed by atoms with Crippen LogP contribution in [0.25, 0.3) is 10.9 Å². The summed E-state index contributed by atoms with van der Waals surface area (Å²) in [4.78, 5) is 28.8. The number of fused-ring (bicyclic) bond motifs is 1. The van der Waals surface area contributed by atoms with E-state index < -0.39 is 0 Å². The highest BCUT2D eigenvalue weighted by molar-refractivity contribution is 6.13. The maximum absolute atomic E-state index is 14.6. The number of nitrogens with one attached hydrogen (secondary N) is 1. The summed E-state index contributed by atoms with van der Waals surface area (Å²) >= 11 is 0. The number of ether oxygens (including phenoxy) is 2. The molecule has 39 heavy (non-hydrogen) atoms. The van der Waals surface area contributed by atoms with Crippen molar-refractivity contribution >= 4 is 28.4 Å². The van der Waals surface area contributed by atoms with Crippen LogP contribution in [0.3, 0.4) is 0 Å². The first-order valence-electron chi connectivity index (χ1n) is 13.8. The summed E-state index contributed by atoms with van der Waals surface area (Å²) in [5.74, 6) is -0.420. The zero-order chi connectivity index (χ0) is 27.4. The van der Waals surface area contributed by atoms with Crippen LogP contribution in [0.1, 0.15) is 53.1 Å². The summed E-state index contributed by atoms with van der Waals surface area (Å²) in [5.41, 5.74) is 9.42. The van der Waals surface area contributed by atoms with Gasteiger partial charge >= 0.3 is 0 Å². The van der Waals surface area contributed by atoms with Gasteiger partial charge in [0.05, 0.1) is 23.4 Å². The number of anilines is 1. The zero-order valence-corrected chi connectivity index (χ0v) is 22.5. The summed E-state index contributed by atoms with van der Waals surface area (Å²) in [6.07, 6.45) is 4.59. The lowest BCUT2D eigenvalue weighted by Gasteiger charge is -2.32. The van der Waals surface area contributed by atoms with Crippen LogP contribution in [0, 0.1) is 11.7 Å². The summed E-state index contributed by atoms with van der Waals surface area (Å²) in [6.45, 7) is 3.65. The molecular weight excluding hydrogens is 499 g/mol. The monoisotopic (exact) mass is 536 g/mol. The van der Waals surface area contributed by atoms with Gasteiger partial charge in [-0.2, -0.15) is 0 Å². The van der Waals surface area contributed by atoms with Gasteiger partial charge in [0.25, 0.3) is 5.91 Å². The number of nitrogens with two attached hydrogens (primary N) is 1. The molecule has 2 aliphatic rings. The van der Waals surface area contributed by atoms with E-state index in [0.717, 1.165) is 16.5 Å². The zero-order valence-electron chi connectivity index (χ0n) is 22.5. The van der Waals surface area contributed by atoms with E-state index in [4.69, 9.17) is 15.2 Å². The maximum atomic E-state index is 14.6. The van der Waals surface area contributed by atoms with E-state index >= 15 is 0 Å². The van der Waals surface area contributed by atoms with E-state index in [1.54, 1.807) is 13.2 Å². The van der Waals surface area contributed by atoms with Gasteiger partial charge in [0.15, 0.2) is 0 Å². The third-order valence-electron chi connectivity index (χ3n) is 8.04. The molecule has 0 bridgehead atoms. The number of aromatic nitrogens is 1. The van der Waals surface area contributed by atoms with E-state index in [1.165, 1.54) is 6.07 Å². The Hall–Kier alpha value is -3.27. The quantitative estimate of drug-likeness (QED) is 0.448. The van der Waals surface area contributed by atoms with Crippen molar-refractivity contribution in [2.45, 2.75) is 44.7 Å². The van der Waals surface area contributed by atoms with E-state index in [0.29, 0.717) is 88.5 Å². The summed E-state index contributed by atoms with van der Waals surface area (Å²) in [6, 6.07) is 10.8. The second kappa shape index (κ2) is 12.3. The summed E-state index contributed by atoms with van der Waals surface area (Å²) in [5, 5.41) is 3.84. The van der Waals surface area contributed by atoms with Crippen LogP contribution in [0.5, 0.6) is 0 Å². The molecule has 0 radical (unpaired) electrons. The number of likely N-dealkylation sites (tertiary alicyclic amines) is 1. The molecule has 0 atom stereocenters. The van der Waals surface area contributed by atoms with Gasteiger partial charge in [0.2, 0.25) is 5.91 Å². The highest BCUT2D eigenvalue weighted by Crippen LogP contribution is 2.34. The lowest BCUT2D eigenvalue weighted by molar-refractivity contribution is -0.122. The normalized spacial score (nSPS) is 17.1. The molecule has 0 unspecified atom stereocenters. The predicted octanol–water partition coefficient (Wildman–Crippen LogP) is 4.27. The van der Waals surface area contributed by atoms with Crippen molar-refractivity contribution in [3.05, 3.63) is 65.1 Å². The minimum absolute atomic E-state index is 0.0397. The van der Waals surface area contributed by atoms with Crippen LogP contribution >= 0.6 is 0 Å². The third-order valence-corrected chi connectivity index (χ3v) is 8.04. The lowest BCUT2D eigenvalue weighted by Crippen LogP contribution is -2.38. The first kappa shape index (κ1) is 27.3. The molecule has 1 aromatic heterocycles. The molecule has 3 aromatic rings. The molecule has 2 saturated heterocycles. The lowest BCUT2D eigenvalue weighted by atomic mass is 9.88. The first-order chi connectivity index (χ1) is 19.0. The van der Waals surface area contributed by atoms with Crippen LogP contribution < -0.4 is 11.1 Å². The van der Waals surface area contributed by atoms with E-state index in [-0.39, 0.29) is 29.5 Å². The Morgan fingerprint density at radius 1 is 1.13 bits per heavy atom. The summed E-state index contributed by atoms with van der Waals surface area (Å²) in [7, 11) is 1.65. The average Bonchev–Trinajstić information content (AvgIpc) is 3.36. The van der Waals surface area contributed by atoms with Gasteiger partial charge in [0, 0.05) is 64.0 Å². The van der Waals surface area contributed by atoms with Crippen LogP contribution in [-0.2, 0) is 27.4 Å². The molecule has 0 aliphatic carbocycles. The van der Waals surface area contributed by atoms with Gasteiger partial charge in [-0.25, -0.2) is 4.39 Å². The smallest absolute Gasteiger partial charge is 0.256 e. The van der Waals surface area contributed by atoms with Crippen LogP contribution in [0.2, 0.25) is 0 Å². The number of benzene rings is 2. The molecule has 3 N–H and O–H groups in total. The van der Waals surface area contributed by atoms with Crippen molar-refractivity contribution in [2.75, 3.05) is 45.3 Å². The topological polar surface area (TPSA) is 98.8 Å². The molecule has 2 aliphatic heterocycles. The molecule has 2 aromatic carbocycles. The Balaban J connectivity index is 1.40. The third kappa shape index (κ3) is 5.85. The SMILES string of the molecule is COCCn1cc(C(=O)N2CCC(c3cc(CN)ccc3F)CC2)c2c(NC(=O)C3CCOCC3)cccc21. The van der Waals surface area contributed by atoms with Crippen molar-refractivity contribution in [3.8, 4) is 0 Å². The van der Waals surface area contributed by atoms with Crippen LogP contribution in [0.15, 0.2) is 42.6 Å². The number of rotatable bonds is 8. The molecule has 3 heterocycles. The molecule has 9 heteroatoms. The van der Waals surface area contributed by atoms with Gasteiger partial charge in [-0.1, -0.05) is 18.2 Å². The molecule has 2 amide bonds. The summed E-state index contributed by atoms with van der Waals surface area (Å²) < 4.78 is 27.3. The van der Waals surface area contributed by atoms with Crippen LogP contribution in [0.4, 0.5) is 10.1 Å². The number of methoxy groups -OCH3 is 1. The molecule has 5 rings (SSSR count). The van der Waals surface area contributed by atoms with Crippen molar-refractivity contribution in [2.24, 2.45) is 11.7 Å². The fraction of sp³-hybridized carbons (Fsp3) is 0.467. The van der Waals surface area contributed by atoms with Crippen molar-refractivity contribution in [3.63, 3.8) is 0 Å². The fourth-order valence-corrected chi connectivity index (χ4v) is 5.78. The Morgan fingerprint density at radius 2 is 1.90 bits per heavy atom. The van der Waals surface area contributed by atoms with Gasteiger partial charge in [-0.15, -0.1) is 0 Å². The standard InChI is InChI=1S/C30H37FN4O4/c1-38-16-13-35-19-24(28-26(3-2-4-27(28)35)33-29(36)22-9-14-39-15-10-22)30(37)34-11-7-21(8-12-34)23-17-20(18-32)5-6-25(23)31/h2-6,17,19,21-22H,7-16,18,32H2,1H3,(H,33,36). The average molecular weight is 537 g/mol. The molecule has 0 spiro atoms. The molecule has 208 valence electrons. The molecule has 2 fully saturated rings. The van der Waals surface area contributed by atoms with E-state index in [2.05, 4.69) is 5.32 Å². The van der Waals surface area contributed by atoms with Gasteiger partial charge in [-0.05, 0) is 60.9 Å². The fourth-order valence-electron chi connectivity index (χ4n) is 5.78. The number of carbonyl (C=O) groups excluding carboxylic acids is 2. The highest BCUT2D eigenvalue weighted by Gasteiger charge is 2.29. The van der Waals surface area contributed by atoms with Crippen LogP contribution in [-0.4, -0.2) is 61.3 Å². The minimum Gasteiger partial charge on any atom is -0.383 e. The second-order valence-corrected chi connectivity index (χ2v) is 10.4. The molecule has 0 saturated carbocycles. The Bertz CT molecular complexity index is 1330. The van der Waals surface area contributed by atoms with Gasteiger partial charge in [0.1, 0.15) is 5.82 Å². The number of halogens is 1. The van der Waals surface area contributed by atoms with Crippen molar-refractivity contribution in [1.82, 2.24) is 9.47 Å². The van der Waals surface area contributed by atoms with Crippen molar-refractivity contribution in [1.29, 1.82) is 0 Å². The number of hydrogen-bond donors (Lipinski definition) is 2. The number of hydrogen-bond acceptors (Lipinski definition) is 5. The Labute approximate surface area is 228 Å². The largest absolute Gasteiger partial charge is 0.383 e.